The van der Waals surface area contributed by atoms with E-state index in [-0.39, 0.29) is 17.9 Å². The number of carbonyl (C=O) groups excluding carboxylic acids is 2. The van der Waals surface area contributed by atoms with Crippen LogP contribution in [-0.4, -0.2) is 49.5 Å². The Morgan fingerprint density at radius 3 is 2.69 bits per heavy atom. The van der Waals surface area contributed by atoms with E-state index in [1.807, 2.05) is 0 Å². The van der Waals surface area contributed by atoms with E-state index in [9.17, 15) is 9.59 Å². The average Bonchev–Trinajstić information content (AvgIpc) is 3.31. The SMILES string of the molecule is COC(=O)C1=NO[C@]2(C=CC(=O)[C@@H]3OC(c4ccc(OC)cc4)O[C@@H]32)C1. The van der Waals surface area contributed by atoms with Crippen LogP contribution < -0.4 is 4.74 Å². The lowest BCUT2D eigenvalue weighted by Crippen LogP contribution is -2.52. The molecule has 1 aliphatic carbocycles. The molecule has 0 N–H and O–H groups in total. The number of carbonyl (C=O) groups is 2. The topological polar surface area (TPSA) is 92.7 Å². The molecule has 4 atom stereocenters. The number of hydrogen-bond acceptors (Lipinski definition) is 8. The van der Waals surface area contributed by atoms with E-state index in [0.29, 0.717) is 5.75 Å². The van der Waals surface area contributed by atoms with E-state index in [4.69, 9.17) is 19.0 Å². The van der Waals surface area contributed by atoms with Crippen molar-refractivity contribution in [2.24, 2.45) is 5.16 Å². The predicted octanol–water partition coefficient (Wildman–Crippen LogP) is 1.30. The molecular formula is C18H17NO7. The maximum absolute atomic E-state index is 12.3. The zero-order chi connectivity index (χ0) is 18.3. The summed E-state index contributed by atoms with van der Waals surface area (Å²) in [5, 5.41) is 3.82. The highest BCUT2D eigenvalue weighted by molar-refractivity contribution is 6.37. The van der Waals surface area contributed by atoms with Gasteiger partial charge in [0.25, 0.3) is 0 Å². The summed E-state index contributed by atoms with van der Waals surface area (Å²) in [6.45, 7) is 0. The van der Waals surface area contributed by atoms with Gasteiger partial charge in [0.1, 0.15) is 11.9 Å². The third-order valence-corrected chi connectivity index (χ3v) is 4.69. The Morgan fingerprint density at radius 1 is 1.23 bits per heavy atom. The number of nitrogens with zero attached hydrogens (tertiary/aromatic N) is 1. The highest BCUT2D eigenvalue weighted by atomic mass is 16.8. The van der Waals surface area contributed by atoms with Crippen molar-refractivity contribution in [3.05, 3.63) is 42.0 Å². The second kappa shape index (κ2) is 6.22. The largest absolute Gasteiger partial charge is 0.497 e. The molecule has 1 spiro atoms. The Balaban J connectivity index is 1.58. The van der Waals surface area contributed by atoms with Crippen molar-refractivity contribution in [3.63, 3.8) is 0 Å². The van der Waals surface area contributed by atoms with E-state index in [2.05, 4.69) is 9.89 Å². The molecule has 1 aromatic rings. The van der Waals surface area contributed by atoms with Crippen LogP contribution in [0.1, 0.15) is 18.3 Å². The molecule has 1 fully saturated rings. The maximum atomic E-state index is 12.3. The maximum Gasteiger partial charge on any atom is 0.356 e. The molecule has 136 valence electrons. The normalized spacial score (nSPS) is 32.2. The van der Waals surface area contributed by atoms with Crippen LogP contribution in [0.5, 0.6) is 5.75 Å². The summed E-state index contributed by atoms with van der Waals surface area (Å²) in [7, 11) is 2.85. The number of hydrogen-bond donors (Lipinski definition) is 0. The van der Waals surface area contributed by atoms with E-state index >= 15 is 0 Å². The highest BCUT2D eigenvalue weighted by Gasteiger charge is 2.58. The predicted molar refractivity (Wildman–Crippen MR) is 87.5 cm³/mol. The molecule has 8 nitrogen and oxygen atoms in total. The standard InChI is InChI=1S/C18H17NO7/c1-22-11-5-3-10(4-6-11)17-24-14-13(20)7-8-18(15(14)25-17)9-12(19-26-18)16(21)23-2/h3-8,14-15,17H,9H2,1-2H3/t14-,15-,17?,18+/m0/s1. The number of oxime groups is 1. The molecule has 2 heterocycles. The van der Waals surface area contributed by atoms with Crippen molar-refractivity contribution >= 4 is 17.5 Å². The first-order chi connectivity index (χ1) is 12.6. The Hall–Kier alpha value is -2.71. The van der Waals surface area contributed by atoms with E-state index in [1.54, 1.807) is 37.5 Å². The van der Waals surface area contributed by atoms with Crippen molar-refractivity contribution in [1.29, 1.82) is 0 Å². The first kappa shape index (κ1) is 16.7. The lowest BCUT2D eigenvalue weighted by Gasteiger charge is -2.33. The van der Waals surface area contributed by atoms with Gasteiger partial charge in [-0.3, -0.25) is 4.79 Å². The van der Waals surface area contributed by atoms with Crippen molar-refractivity contribution in [3.8, 4) is 5.75 Å². The number of ketones is 1. The third-order valence-electron chi connectivity index (χ3n) is 4.69. The van der Waals surface area contributed by atoms with Gasteiger partial charge in [-0.1, -0.05) is 17.3 Å². The van der Waals surface area contributed by atoms with Crippen molar-refractivity contribution in [2.75, 3.05) is 14.2 Å². The number of methoxy groups -OCH3 is 2. The van der Waals surface area contributed by atoms with Gasteiger partial charge >= 0.3 is 5.97 Å². The molecule has 0 radical (unpaired) electrons. The van der Waals surface area contributed by atoms with Crippen LogP contribution in [0.3, 0.4) is 0 Å². The molecule has 0 amide bonds. The van der Waals surface area contributed by atoms with Crippen LogP contribution in [0, 0.1) is 0 Å². The van der Waals surface area contributed by atoms with Gasteiger partial charge in [0.15, 0.2) is 29.5 Å². The minimum Gasteiger partial charge on any atom is -0.497 e. The van der Waals surface area contributed by atoms with Crippen molar-refractivity contribution < 1.29 is 33.4 Å². The Kier molecular flexibility index (Phi) is 4.01. The zero-order valence-electron chi connectivity index (χ0n) is 14.2. The fourth-order valence-electron chi connectivity index (χ4n) is 3.30. The second-order valence-electron chi connectivity index (χ2n) is 6.21. The first-order valence-corrected chi connectivity index (χ1v) is 8.07. The Morgan fingerprint density at radius 2 is 2.00 bits per heavy atom. The number of ether oxygens (including phenoxy) is 4. The van der Waals surface area contributed by atoms with Crippen LogP contribution in [0.25, 0.3) is 0 Å². The molecule has 2 aliphatic heterocycles. The Labute approximate surface area is 149 Å². The van der Waals surface area contributed by atoms with Gasteiger partial charge in [-0.25, -0.2) is 4.79 Å². The fraction of sp³-hybridized carbons (Fsp3) is 0.389. The van der Waals surface area contributed by atoms with Gasteiger partial charge in [0.2, 0.25) is 0 Å². The average molecular weight is 359 g/mol. The minimum absolute atomic E-state index is 0.141. The van der Waals surface area contributed by atoms with Gasteiger partial charge in [0, 0.05) is 12.0 Å². The Bertz CT molecular complexity index is 800. The summed E-state index contributed by atoms with van der Waals surface area (Å²) >= 11 is 0. The molecule has 26 heavy (non-hydrogen) atoms. The fourth-order valence-corrected chi connectivity index (χ4v) is 3.30. The van der Waals surface area contributed by atoms with Gasteiger partial charge in [0.05, 0.1) is 14.2 Å². The smallest absolute Gasteiger partial charge is 0.356 e. The van der Waals surface area contributed by atoms with E-state index in [0.717, 1.165) is 5.56 Å². The van der Waals surface area contributed by atoms with Gasteiger partial charge < -0.3 is 23.8 Å². The second-order valence-corrected chi connectivity index (χ2v) is 6.21. The molecule has 1 aromatic carbocycles. The van der Waals surface area contributed by atoms with Gasteiger partial charge in [-0.2, -0.15) is 0 Å². The lowest BCUT2D eigenvalue weighted by molar-refractivity contribution is -0.132. The zero-order valence-corrected chi connectivity index (χ0v) is 14.2. The summed E-state index contributed by atoms with van der Waals surface area (Å²) < 4.78 is 21.7. The molecule has 3 aliphatic rings. The molecule has 0 aromatic heterocycles. The van der Waals surface area contributed by atoms with Crippen LogP contribution in [0.4, 0.5) is 0 Å². The number of rotatable bonds is 3. The monoisotopic (exact) mass is 359 g/mol. The molecular weight excluding hydrogens is 342 g/mol. The quantitative estimate of drug-likeness (QED) is 0.751. The molecule has 1 unspecified atom stereocenters. The summed E-state index contributed by atoms with van der Waals surface area (Å²) in [5.74, 6) is -0.0882. The van der Waals surface area contributed by atoms with Crippen LogP contribution in [-0.2, 0) is 28.6 Å². The van der Waals surface area contributed by atoms with Crippen LogP contribution in [0.15, 0.2) is 41.6 Å². The minimum atomic E-state index is -1.07. The number of benzene rings is 1. The van der Waals surface area contributed by atoms with E-state index < -0.39 is 30.1 Å². The van der Waals surface area contributed by atoms with Crippen molar-refractivity contribution in [2.45, 2.75) is 30.5 Å². The lowest BCUT2D eigenvalue weighted by atomic mass is 9.82. The summed E-state index contributed by atoms with van der Waals surface area (Å²) in [5.41, 5.74) is -0.180. The molecule has 4 rings (SSSR count). The van der Waals surface area contributed by atoms with E-state index in [1.165, 1.54) is 13.2 Å². The van der Waals surface area contributed by atoms with Gasteiger partial charge in [-0.15, -0.1) is 0 Å². The summed E-state index contributed by atoms with van der Waals surface area (Å²) in [6, 6.07) is 7.17. The molecule has 0 bridgehead atoms. The molecule has 8 heteroatoms. The number of esters is 1. The number of fused-ring (bicyclic) bond motifs is 2. The summed E-state index contributed by atoms with van der Waals surface area (Å²) in [6.07, 6.45) is 0.815. The van der Waals surface area contributed by atoms with Gasteiger partial charge in [-0.05, 0) is 24.3 Å². The molecule has 0 saturated carbocycles. The summed E-state index contributed by atoms with van der Waals surface area (Å²) in [4.78, 5) is 29.5. The highest BCUT2D eigenvalue weighted by Crippen LogP contribution is 2.44. The first-order valence-electron chi connectivity index (χ1n) is 8.07. The third kappa shape index (κ3) is 2.58. The molecule has 1 saturated heterocycles. The van der Waals surface area contributed by atoms with Crippen LogP contribution >= 0.6 is 0 Å². The van der Waals surface area contributed by atoms with Crippen molar-refractivity contribution in [1.82, 2.24) is 0 Å². The van der Waals surface area contributed by atoms with Crippen LogP contribution in [0.2, 0.25) is 0 Å².